The summed E-state index contributed by atoms with van der Waals surface area (Å²) in [5, 5.41) is 0. The van der Waals surface area contributed by atoms with Crippen molar-refractivity contribution in [2.75, 3.05) is 13.7 Å². The van der Waals surface area contributed by atoms with Crippen molar-refractivity contribution < 1.29 is 14.3 Å². The fraction of sp³-hybridized carbons (Fsp3) is 0.788. The van der Waals surface area contributed by atoms with E-state index in [9.17, 15) is 4.79 Å². The molecule has 0 aliphatic heterocycles. The van der Waals surface area contributed by atoms with Gasteiger partial charge in [-0.2, -0.15) is 0 Å². The molecule has 0 aliphatic carbocycles. The van der Waals surface area contributed by atoms with E-state index in [1.54, 1.807) is 7.11 Å². The van der Waals surface area contributed by atoms with Crippen LogP contribution in [-0.2, 0) is 16.0 Å². The number of esters is 1. The van der Waals surface area contributed by atoms with E-state index in [0.717, 1.165) is 11.3 Å². The lowest BCUT2D eigenvalue weighted by molar-refractivity contribution is -0.144. The molecule has 1 unspecified atom stereocenters. The zero-order valence-electron chi connectivity index (χ0n) is 24.2. The van der Waals surface area contributed by atoms with Crippen LogP contribution >= 0.6 is 0 Å². The summed E-state index contributed by atoms with van der Waals surface area (Å²) in [6.07, 6.45) is 27.2. The minimum absolute atomic E-state index is 0.107. The van der Waals surface area contributed by atoms with Gasteiger partial charge in [0.15, 0.2) is 0 Å². The van der Waals surface area contributed by atoms with Crippen LogP contribution in [0.15, 0.2) is 24.3 Å². The van der Waals surface area contributed by atoms with Gasteiger partial charge in [0.05, 0.1) is 20.1 Å². The summed E-state index contributed by atoms with van der Waals surface area (Å²) < 4.78 is 11.0. The van der Waals surface area contributed by atoms with Crippen molar-refractivity contribution in [3.8, 4) is 5.75 Å². The zero-order valence-corrected chi connectivity index (χ0v) is 24.2. The molecule has 0 saturated carbocycles. The van der Waals surface area contributed by atoms with Crippen LogP contribution in [0.25, 0.3) is 0 Å². The van der Waals surface area contributed by atoms with E-state index in [1.807, 2.05) is 24.3 Å². The van der Waals surface area contributed by atoms with E-state index in [-0.39, 0.29) is 5.97 Å². The van der Waals surface area contributed by atoms with Gasteiger partial charge in [-0.05, 0) is 36.5 Å². The maximum Gasteiger partial charge on any atom is 0.310 e. The summed E-state index contributed by atoms with van der Waals surface area (Å²) in [5.41, 5.74) is 0.982. The summed E-state index contributed by atoms with van der Waals surface area (Å²) in [6.45, 7) is 5.14. The zero-order chi connectivity index (χ0) is 26.1. The Morgan fingerprint density at radius 3 is 1.47 bits per heavy atom. The molecule has 1 rings (SSSR count). The molecule has 0 aliphatic rings. The van der Waals surface area contributed by atoms with Crippen molar-refractivity contribution in [1.82, 2.24) is 0 Å². The Morgan fingerprint density at radius 2 is 1.06 bits per heavy atom. The van der Waals surface area contributed by atoms with Gasteiger partial charge in [-0.15, -0.1) is 0 Å². The van der Waals surface area contributed by atoms with E-state index in [0.29, 0.717) is 18.9 Å². The molecule has 0 radical (unpaired) electrons. The molecule has 0 N–H and O–H groups in total. The third-order valence-electron chi connectivity index (χ3n) is 7.42. The van der Waals surface area contributed by atoms with Crippen LogP contribution in [0.3, 0.4) is 0 Å². The van der Waals surface area contributed by atoms with Gasteiger partial charge in [-0.1, -0.05) is 142 Å². The van der Waals surface area contributed by atoms with E-state index in [2.05, 4.69) is 13.8 Å². The summed E-state index contributed by atoms with van der Waals surface area (Å²) >= 11 is 0. The molecular formula is C33H58O3. The standard InChI is InChI=1S/C33H58O3/c1-4-6-8-10-12-14-15-17-19-21-23-31(22-20-18-16-13-11-9-7-5-2)29-36-33(34)28-30-24-26-32(35-3)27-25-30/h24-27,31H,4-23,28-29H2,1-3H3. The second-order valence-corrected chi connectivity index (χ2v) is 10.8. The van der Waals surface area contributed by atoms with Crippen LogP contribution in [0.4, 0.5) is 0 Å². The largest absolute Gasteiger partial charge is 0.497 e. The van der Waals surface area contributed by atoms with E-state index < -0.39 is 0 Å². The molecule has 0 amide bonds. The number of rotatable bonds is 25. The number of ether oxygens (including phenoxy) is 2. The normalized spacial score (nSPS) is 12.0. The molecule has 0 spiro atoms. The van der Waals surface area contributed by atoms with Crippen LogP contribution in [-0.4, -0.2) is 19.7 Å². The van der Waals surface area contributed by atoms with Gasteiger partial charge in [0, 0.05) is 0 Å². The Morgan fingerprint density at radius 1 is 0.639 bits per heavy atom. The van der Waals surface area contributed by atoms with E-state index in [4.69, 9.17) is 9.47 Å². The maximum absolute atomic E-state index is 12.5. The second-order valence-electron chi connectivity index (χ2n) is 10.8. The van der Waals surface area contributed by atoms with Crippen molar-refractivity contribution in [3.05, 3.63) is 29.8 Å². The molecule has 1 aromatic rings. The first-order valence-corrected chi connectivity index (χ1v) is 15.5. The minimum Gasteiger partial charge on any atom is -0.497 e. The molecular weight excluding hydrogens is 444 g/mol. The number of methoxy groups -OCH3 is 1. The Labute approximate surface area is 224 Å². The molecule has 3 heteroatoms. The molecule has 1 atom stereocenters. The molecule has 3 nitrogen and oxygen atoms in total. The number of carbonyl (C=O) groups excluding carboxylic acids is 1. The van der Waals surface area contributed by atoms with Crippen molar-refractivity contribution in [2.24, 2.45) is 5.92 Å². The van der Waals surface area contributed by atoms with Gasteiger partial charge >= 0.3 is 5.97 Å². The predicted octanol–water partition coefficient (Wildman–Crippen LogP) is 10.2. The summed E-state index contributed by atoms with van der Waals surface area (Å²) in [4.78, 5) is 12.5. The quantitative estimate of drug-likeness (QED) is 0.0985. The predicted molar refractivity (Wildman–Crippen MR) is 155 cm³/mol. The third kappa shape index (κ3) is 18.7. The highest BCUT2D eigenvalue weighted by atomic mass is 16.5. The highest BCUT2D eigenvalue weighted by molar-refractivity contribution is 5.72. The van der Waals surface area contributed by atoms with Crippen molar-refractivity contribution in [3.63, 3.8) is 0 Å². The first kappa shape index (κ1) is 32.5. The van der Waals surface area contributed by atoms with Gasteiger partial charge in [-0.3, -0.25) is 4.79 Å². The number of benzene rings is 1. The third-order valence-corrected chi connectivity index (χ3v) is 7.42. The van der Waals surface area contributed by atoms with Crippen LogP contribution in [0.2, 0.25) is 0 Å². The Balaban J connectivity index is 2.28. The van der Waals surface area contributed by atoms with Crippen molar-refractivity contribution in [2.45, 2.75) is 149 Å². The Bertz CT molecular complexity index is 610. The number of carbonyl (C=O) groups is 1. The van der Waals surface area contributed by atoms with E-state index in [1.165, 1.54) is 128 Å². The summed E-state index contributed by atoms with van der Waals surface area (Å²) in [6, 6.07) is 7.70. The first-order chi connectivity index (χ1) is 17.7. The smallest absolute Gasteiger partial charge is 0.310 e. The van der Waals surface area contributed by atoms with Crippen LogP contribution in [0.1, 0.15) is 148 Å². The maximum atomic E-state index is 12.5. The van der Waals surface area contributed by atoms with Crippen molar-refractivity contribution in [1.29, 1.82) is 0 Å². The molecule has 0 fully saturated rings. The SMILES string of the molecule is CCCCCCCCCCCCC(CCCCCCCCCC)COC(=O)Cc1ccc(OC)cc1. The highest BCUT2D eigenvalue weighted by Crippen LogP contribution is 2.21. The first-order valence-electron chi connectivity index (χ1n) is 15.5. The van der Waals surface area contributed by atoms with Gasteiger partial charge in [0.25, 0.3) is 0 Å². The fourth-order valence-corrected chi connectivity index (χ4v) is 4.97. The number of hydrogen-bond donors (Lipinski definition) is 0. The van der Waals surface area contributed by atoms with Gasteiger partial charge in [-0.25, -0.2) is 0 Å². The van der Waals surface area contributed by atoms with Crippen LogP contribution in [0, 0.1) is 5.92 Å². The summed E-state index contributed by atoms with van der Waals surface area (Å²) in [7, 11) is 1.66. The average molecular weight is 503 g/mol. The Kier molecular flexibility index (Phi) is 21.6. The number of unbranched alkanes of at least 4 members (excludes halogenated alkanes) is 16. The lowest BCUT2D eigenvalue weighted by Gasteiger charge is -2.17. The van der Waals surface area contributed by atoms with Gasteiger partial charge in [0.2, 0.25) is 0 Å². The van der Waals surface area contributed by atoms with Gasteiger partial charge < -0.3 is 9.47 Å². The molecule has 0 bridgehead atoms. The van der Waals surface area contributed by atoms with Crippen molar-refractivity contribution >= 4 is 5.97 Å². The summed E-state index contributed by atoms with van der Waals surface area (Å²) in [5.74, 6) is 1.22. The average Bonchev–Trinajstić information content (AvgIpc) is 2.89. The molecule has 0 saturated heterocycles. The second kappa shape index (κ2) is 23.9. The number of hydrogen-bond acceptors (Lipinski definition) is 3. The molecule has 0 aromatic heterocycles. The topological polar surface area (TPSA) is 35.5 Å². The molecule has 208 valence electrons. The lowest BCUT2D eigenvalue weighted by atomic mass is 9.94. The molecule has 0 heterocycles. The van der Waals surface area contributed by atoms with Gasteiger partial charge in [0.1, 0.15) is 5.75 Å². The fourth-order valence-electron chi connectivity index (χ4n) is 4.97. The lowest BCUT2D eigenvalue weighted by Crippen LogP contribution is -2.16. The van der Waals surface area contributed by atoms with E-state index >= 15 is 0 Å². The minimum atomic E-state index is -0.107. The monoisotopic (exact) mass is 502 g/mol. The molecule has 36 heavy (non-hydrogen) atoms. The Hall–Kier alpha value is -1.51. The van der Waals surface area contributed by atoms with Crippen LogP contribution < -0.4 is 4.74 Å². The van der Waals surface area contributed by atoms with Crippen LogP contribution in [0.5, 0.6) is 5.75 Å². The molecule has 1 aromatic carbocycles. The highest BCUT2D eigenvalue weighted by Gasteiger charge is 2.13.